The lowest BCUT2D eigenvalue weighted by atomic mass is 9.67. The van der Waals surface area contributed by atoms with Gasteiger partial charge in [-0.15, -0.1) is 0 Å². The van der Waals surface area contributed by atoms with Crippen LogP contribution in [-0.2, 0) is 5.41 Å². The molecule has 2 heterocycles. The van der Waals surface area contributed by atoms with Gasteiger partial charge in [0.15, 0.2) is 11.6 Å². The second-order valence-electron chi connectivity index (χ2n) is 12.0. The van der Waals surface area contributed by atoms with Gasteiger partial charge in [-0.05, 0) is 68.5 Å². The van der Waals surface area contributed by atoms with Crippen LogP contribution in [0.3, 0.4) is 0 Å². The molecule has 7 rings (SSSR count). The van der Waals surface area contributed by atoms with Gasteiger partial charge in [0.25, 0.3) is 0 Å². The van der Waals surface area contributed by atoms with Crippen molar-refractivity contribution in [3.63, 3.8) is 0 Å². The zero-order valence-electron chi connectivity index (χ0n) is 24.3. The highest BCUT2D eigenvalue weighted by molar-refractivity contribution is 6.57. The van der Waals surface area contributed by atoms with Crippen molar-refractivity contribution in [2.75, 3.05) is 4.90 Å². The van der Waals surface area contributed by atoms with Crippen molar-refractivity contribution in [2.24, 2.45) is 0 Å². The molecule has 44 heavy (non-hydrogen) atoms. The van der Waals surface area contributed by atoms with E-state index in [2.05, 4.69) is 60.1 Å². The second-order valence-corrected chi connectivity index (χ2v) is 13.5. The first-order valence-corrected chi connectivity index (χ1v) is 16.1. The van der Waals surface area contributed by atoms with Gasteiger partial charge in [-0.2, -0.15) is 10.2 Å². The first-order chi connectivity index (χ1) is 21.1. The van der Waals surface area contributed by atoms with Gasteiger partial charge in [-0.1, -0.05) is 89.4 Å². The number of carbonyl (C=O) groups is 2. The number of hydrogen-bond acceptors (Lipinski definition) is 5. The molecule has 0 radical (unpaired) electrons. The van der Waals surface area contributed by atoms with E-state index < -0.39 is 11.6 Å². The number of nitrogens with zero attached hydrogens (tertiary/aromatic N) is 3. The number of hydrogen-bond donors (Lipinski definition) is 0. The lowest BCUT2D eigenvalue weighted by Crippen LogP contribution is -2.32. The Balaban J connectivity index is 1.52. The Morgan fingerprint density at radius 3 is 1.98 bits per heavy atom. The summed E-state index contributed by atoms with van der Waals surface area (Å²) in [6, 6.07) is 8.63. The average molecular weight is 663 g/mol. The van der Waals surface area contributed by atoms with Gasteiger partial charge in [-0.3, -0.25) is 9.59 Å². The van der Waals surface area contributed by atoms with Crippen LogP contribution >= 0.6 is 46.4 Å². The minimum Gasteiger partial charge on any atom is -0.312 e. The summed E-state index contributed by atoms with van der Waals surface area (Å²) >= 11 is 25.4. The molecule has 0 N–H and O–H groups in total. The van der Waals surface area contributed by atoms with Crippen LogP contribution in [0.2, 0.25) is 20.1 Å². The van der Waals surface area contributed by atoms with E-state index >= 15 is 0 Å². The molecule has 0 atom stereocenters. The van der Waals surface area contributed by atoms with Crippen LogP contribution in [0.15, 0.2) is 60.1 Å². The molecule has 3 aromatic carbocycles. The van der Waals surface area contributed by atoms with E-state index in [0.29, 0.717) is 0 Å². The van der Waals surface area contributed by atoms with E-state index in [1.807, 2.05) is 12.3 Å². The molecule has 0 amide bonds. The minimum absolute atomic E-state index is 0.00514. The number of Topliss-reactive ketones (excluding diaryl/α,β-unsaturated/α-hetero) is 2. The van der Waals surface area contributed by atoms with Crippen molar-refractivity contribution >= 4 is 80.1 Å². The summed E-state index contributed by atoms with van der Waals surface area (Å²) in [5, 5.41) is 10.3. The summed E-state index contributed by atoms with van der Waals surface area (Å²) in [5.41, 5.74) is 7.45. The van der Waals surface area contributed by atoms with E-state index in [-0.39, 0.29) is 42.2 Å². The number of halogens is 4. The molecule has 2 aliphatic carbocycles. The van der Waals surface area contributed by atoms with Gasteiger partial charge in [0.2, 0.25) is 0 Å². The monoisotopic (exact) mass is 661 g/mol. The maximum Gasteiger partial charge on any atom is 0.199 e. The Hall–Kier alpha value is -3.22. The highest BCUT2D eigenvalue weighted by atomic mass is 35.5. The summed E-state index contributed by atoms with van der Waals surface area (Å²) in [4.78, 5) is 29.8. The first-order valence-electron chi connectivity index (χ1n) is 14.6. The van der Waals surface area contributed by atoms with Crippen LogP contribution in [-0.4, -0.2) is 21.8 Å². The third-order valence-electron chi connectivity index (χ3n) is 9.34. The number of aromatic nitrogens is 2. The first kappa shape index (κ1) is 29.5. The van der Waals surface area contributed by atoms with Gasteiger partial charge in [0.05, 0.1) is 60.6 Å². The Morgan fingerprint density at radius 2 is 1.36 bits per heavy atom. The summed E-state index contributed by atoms with van der Waals surface area (Å²) in [7, 11) is 0. The maximum atomic E-state index is 13.7. The number of carbonyl (C=O) groups excluding carboxylic acids is 2. The molecule has 1 aromatic heterocycles. The van der Waals surface area contributed by atoms with E-state index in [1.165, 1.54) is 11.1 Å². The van der Waals surface area contributed by atoms with Crippen LogP contribution in [0.4, 0.5) is 11.4 Å². The molecule has 3 aliphatic rings. The number of ketones is 2. The smallest absolute Gasteiger partial charge is 0.199 e. The second kappa shape index (κ2) is 10.7. The van der Waals surface area contributed by atoms with Crippen LogP contribution in [0.1, 0.15) is 75.1 Å². The molecule has 4 aromatic rings. The van der Waals surface area contributed by atoms with Crippen LogP contribution < -0.4 is 4.90 Å². The number of anilines is 2. The largest absolute Gasteiger partial charge is 0.312 e. The molecule has 1 fully saturated rings. The molecule has 222 valence electrons. The summed E-state index contributed by atoms with van der Waals surface area (Å²) in [6.07, 6.45) is 12.3. The number of fused-ring (bicyclic) bond motifs is 5. The molecular weight excluding hydrogens is 636 g/mol. The van der Waals surface area contributed by atoms with Crippen LogP contribution in [0.25, 0.3) is 10.8 Å². The number of rotatable bonds is 2. The van der Waals surface area contributed by atoms with E-state index in [4.69, 9.17) is 46.4 Å². The highest BCUT2D eigenvalue weighted by Gasteiger charge is 2.50. The third kappa shape index (κ3) is 4.13. The zero-order valence-corrected chi connectivity index (χ0v) is 27.3. The fourth-order valence-corrected chi connectivity index (χ4v) is 8.65. The fourth-order valence-electron chi connectivity index (χ4n) is 7.63. The van der Waals surface area contributed by atoms with Gasteiger partial charge >= 0.3 is 0 Å². The van der Waals surface area contributed by atoms with Gasteiger partial charge in [-0.25, -0.2) is 0 Å². The van der Waals surface area contributed by atoms with Crippen molar-refractivity contribution in [3.05, 3.63) is 114 Å². The fraction of sp³-hybridized carbons (Fsp3) is 0.257. The molecule has 1 saturated carbocycles. The van der Waals surface area contributed by atoms with Crippen LogP contribution in [0, 0.1) is 20.8 Å². The Morgan fingerprint density at radius 1 is 0.773 bits per heavy atom. The van der Waals surface area contributed by atoms with E-state index in [1.54, 1.807) is 12.3 Å². The highest BCUT2D eigenvalue weighted by Crippen LogP contribution is 2.60. The van der Waals surface area contributed by atoms with Crippen molar-refractivity contribution in [2.45, 2.75) is 58.3 Å². The van der Waals surface area contributed by atoms with E-state index in [9.17, 15) is 9.59 Å². The lowest BCUT2D eigenvalue weighted by molar-refractivity contribution is 0.0989. The predicted molar refractivity (Wildman–Crippen MR) is 178 cm³/mol. The molecular formula is C35H27Cl4N3O2. The average Bonchev–Trinajstić information content (AvgIpc) is 3.40. The molecule has 0 unspecified atom stereocenters. The van der Waals surface area contributed by atoms with Gasteiger partial charge < -0.3 is 4.90 Å². The third-order valence-corrected chi connectivity index (χ3v) is 11.1. The molecule has 9 heteroatoms. The molecule has 5 nitrogen and oxygen atoms in total. The van der Waals surface area contributed by atoms with Crippen molar-refractivity contribution in [1.29, 1.82) is 0 Å². The van der Waals surface area contributed by atoms with Gasteiger partial charge in [0.1, 0.15) is 0 Å². The molecule has 1 aliphatic heterocycles. The number of benzene rings is 3. The minimum atomic E-state index is -0.518. The molecule has 0 saturated heterocycles. The topological polar surface area (TPSA) is 63.2 Å². The zero-order chi connectivity index (χ0) is 31.1. The molecule has 1 spiro atoms. The summed E-state index contributed by atoms with van der Waals surface area (Å²) < 4.78 is 0. The normalized spacial score (nSPS) is 18.1. The summed E-state index contributed by atoms with van der Waals surface area (Å²) in [6.45, 7) is 6.35. The number of allylic oxidation sites excluding steroid dienone is 4. The SMILES string of the molecule is Cc1cc(C)c(N2/C(=C\C=C3C(=O)c4c(Cl)c(Cl)c(Cl)c(Cl)c4C3=O)C3(CCCCC3)c3c2ccc2cnncc32)c(C)c1. The van der Waals surface area contributed by atoms with Crippen LogP contribution in [0.5, 0.6) is 0 Å². The quantitative estimate of drug-likeness (QED) is 0.0925. The Bertz CT molecular complexity index is 1950. The standard InChI is InChI=1S/C35H27Cl4N3O2/c1-17-13-18(2)32(19(3)14-17)42-23-9-7-20-15-40-41-16-22(20)27(23)35(11-5-4-6-12-35)24(42)10-8-21-33(43)25-26(34(21)44)29(37)31(39)30(38)28(25)36/h7-10,13-16H,4-6,11-12H2,1-3H3/b24-10-. The lowest BCUT2D eigenvalue weighted by Gasteiger charge is -2.38. The van der Waals surface area contributed by atoms with E-state index in [0.717, 1.165) is 71.1 Å². The maximum absolute atomic E-state index is 13.7. The summed E-state index contributed by atoms with van der Waals surface area (Å²) in [5.74, 6) is -1.04. The van der Waals surface area contributed by atoms with Crippen molar-refractivity contribution in [1.82, 2.24) is 10.2 Å². The van der Waals surface area contributed by atoms with Gasteiger partial charge in [0, 0.05) is 21.9 Å². The number of aryl methyl sites for hydroxylation is 3. The van der Waals surface area contributed by atoms with Crippen molar-refractivity contribution < 1.29 is 9.59 Å². The Labute approximate surface area is 275 Å². The van der Waals surface area contributed by atoms with Crippen molar-refractivity contribution in [3.8, 4) is 0 Å². The predicted octanol–water partition coefficient (Wildman–Crippen LogP) is 10.4. The molecule has 0 bridgehead atoms. The Kier molecular flexibility index (Phi) is 7.17.